The van der Waals surface area contributed by atoms with Crippen molar-refractivity contribution < 1.29 is 9.90 Å². The second kappa shape index (κ2) is 6.83. The molecule has 1 fully saturated rings. The molecule has 3 nitrogen and oxygen atoms in total. The van der Waals surface area contributed by atoms with Crippen LogP contribution in [0.5, 0.6) is 0 Å². The van der Waals surface area contributed by atoms with Crippen molar-refractivity contribution in [3.63, 3.8) is 0 Å². The van der Waals surface area contributed by atoms with E-state index in [1.807, 2.05) is 0 Å². The van der Waals surface area contributed by atoms with Crippen LogP contribution in [0.1, 0.15) is 45.4 Å². The van der Waals surface area contributed by atoms with Crippen LogP contribution in [0.3, 0.4) is 0 Å². The molecule has 0 spiro atoms. The van der Waals surface area contributed by atoms with E-state index in [-0.39, 0.29) is 0 Å². The lowest BCUT2D eigenvalue weighted by atomic mass is 10.0. The van der Waals surface area contributed by atoms with Crippen molar-refractivity contribution in [2.45, 2.75) is 45.4 Å². The third-order valence-corrected chi connectivity index (χ3v) is 3.21. The fourth-order valence-electron chi connectivity index (χ4n) is 2.26. The molecule has 1 rings (SSSR count). The Balaban J connectivity index is 2.07. The first-order valence-corrected chi connectivity index (χ1v) is 6.16. The molecule has 3 heteroatoms. The highest BCUT2D eigenvalue weighted by molar-refractivity contribution is 5.66. The Morgan fingerprint density at radius 3 is 2.93 bits per heavy atom. The normalized spacial score (nSPS) is 22.1. The number of carboxylic acids is 1. The van der Waals surface area contributed by atoms with Crippen LogP contribution in [0.2, 0.25) is 0 Å². The minimum Gasteiger partial charge on any atom is -0.481 e. The first-order chi connectivity index (χ1) is 7.22. The summed E-state index contributed by atoms with van der Waals surface area (Å²) in [6.07, 6.45) is 6.28. The molecule has 0 aromatic carbocycles. The molecule has 0 saturated carbocycles. The van der Waals surface area contributed by atoms with Gasteiger partial charge in [-0.25, -0.2) is 0 Å². The van der Waals surface area contributed by atoms with Gasteiger partial charge in [-0.1, -0.05) is 19.8 Å². The minimum absolute atomic E-state index is 0.341. The quantitative estimate of drug-likeness (QED) is 0.660. The first kappa shape index (κ1) is 12.5. The minimum atomic E-state index is -0.653. The van der Waals surface area contributed by atoms with Crippen molar-refractivity contribution in [1.82, 2.24) is 4.90 Å². The van der Waals surface area contributed by atoms with Crippen molar-refractivity contribution in [1.29, 1.82) is 0 Å². The average molecular weight is 213 g/mol. The number of aliphatic carboxylic acids is 1. The molecular weight excluding hydrogens is 190 g/mol. The van der Waals surface area contributed by atoms with Crippen LogP contribution >= 0.6 is 0 Å². The van der Waals surface area contributed by atoms with Crippen LogP contribution in [-0.2, 0) is 4.79 Å². The number of nitrogens with zero attached hydrogens (tertiary/aromatic N) is 1. The van der Waals surface area contributed by atoms with Gasteiger partial charge in [-0.15, -0.1) is 0 Å². The van der Waals surface area contributed by atoms with Crippen molar-refractivity contribution in [2.75, 3.05) is 19.6 Å². The molecule has 15 heavy (non-hydrogen) atoms. The summed E-state index contributed by atoms with van der Waals surface area (Å²) < 4.78 is 0. The van der Waals surface area contributed by atoms with Gasteiger partial charge in [0.1, 0.15) is 0 Å². The van der Waals surface area contributed by atoms with Crippen molar-refractivity contribution >= 4 is 5.97 Å². The van der Waals surface area contributed by atoms with Crippen molar-refractivity contribution in [3.8, 4) is 0 Å². The van der Waals surface area contributed by atoms with Gasteiger partial charge in [0.25, 0.3) is 0 Å². The Bertz CT molecular complexity index is 194. The standard InChI is InChI=1S/C12H23NO2/c1-2-3-4-8-13-9-7-11(10-13)5-6-12(14)15/h11H,2-10H2,1H3,(H,14,15). The van der Waals surface area contributed by atoms with Gasteiger partial charge in [-0.05, 0) is 38.3 Å². The van der Waals surface area contributed by atoms with E-state index >= 15 is 0 Å². The number of rotatable bonds is 7. The number of unbranched alkanes of at least 4 members (excludes halogenated alkanes) is 2. The van der Waals surface area contributed by atoms with E-state index in [0.717, 1.165) is 13.0 Å². The molecular formula is C12H23NO2. The molecule has 1 heterocycles. The van der Waals surface area contributed by atoms with Crippen LogP contribution in [0.15, 0.2) is 0 Å². The summed E-state index contributed by atoms with van der Waals surface area (Å²) in [7, 11) is 0. The number of hydrogen-bond acceptors (Lipinski definition) is 2. The van der Waals surface area contributed by atoms with Crippen LogP contribution in [-0.4, -0.2) is 35.6 Å². The Hall–Kier alpha value is -0.570. The van der Waals surface area contributed by atoms with Crippen LogP contribution < -0.4 is 0 Å². The van der Waals surface area contributed by atoms with Crippen molar-refractivity contribution in [2.24, 2.45) is 5.92 Å². The monoisotopic (exact) mass is 213 g/mol. The van der Waals surface area contributed by atoms with Gasteiger partial charge in [-0.3, -0.25) is 4.79 Å². The highest BCUT2D eigenvalue weighted by atomic mass is 16.4. The Morgan fingerprint density at radius 2 is 2.27 bits per heavy atom. The Kier molecular flexibility index (Phi) is 5.69. The van der Waals surface area contributed by atoms with E-state index < -0.39 is 5.97 Å². The zero-order chi connectivity index (χ0) is 11.1. The number of carboxylic acid groups (broad SMARTS) is 1. The van der Waals surface area contributed by atoms with E-state index in [1.165, 1.54) is 38.8 Å². The second-order valence-corrected chi connectivity index (χ2v) is 4.59. The summed E-state index contributed by atoms with van der Waals surface area (Å²) in [6, 6.07) is 0. The van der Waals surface area contributed by atoms with Gasteiger partial charge in [0.05, 0.1) is 0 Å². The molecule has 0 radical (unpaired) electrons. The van der Waals surface area contributed by atoms with Gasteiger partial charge < -0.3 is 10.0 Å². The molecule has 0 bridgehead atoms. The summed E-state index contributed by atoms with van der Waals surface area (Å²) in [5, 5.41) is 8.60. The molecule has 1 N–H and O–H groups in total. The highest BCUT2D eigenvalue weighted by Crippen LogP contribution is 2.21. The topological polar surface area (TPSA) is 40.5 Å². The predicted molar refractivity (Wildman–Crippen MR) is 60.9 cm³/mol. The van der Waals surface area contributed by atoms with E-state index in [0.29, 0.717) is 12.3 Å². The maximum atomic E-state index is 10.4. The fraction of sp³-hybridized carbons (Fsp3) is 0.917. The Morgan fingerprint density at radius 1 is 1.47 bits per heavy atom. The smallest absolute Gasteiger partial charge is 0.303 e. The van der Waals surface area contributed by atoms with Crippen LogP contribution in [0.25, 0.3) is 0 Å². The average Bonchev–Trinajstić information content (AvgIpc) is 2.63. The predicted octanol–water partition coefficient (Wildman–Crippen LogP) is 2.36. The molecule has 1 aliphatic heterocycles. The van der Waals surface area contributed by atoms with Crippen LogP contribution in [0, 0.1) is 5.92 Å². The summed E-state index contributed by atoms with van der Waals surface area (Å²) in [5.41, 5.74) is 0. The molecule has 0 aliphatic carbocycles. The molecule has 1 saturated heterocycles. The number of hydrogen-bond donors (Lipinski definition) is 1. The SMILES string of the molecule is CCCCCN1CCC(CCC(=O)O)C1. The summed E-state index contributed by atoms with van der Waals surface area (Å²) >= 11 is 0. The lowest BCUT2D eigenvalue weighted by molar-refractivity contribution is -0.137. The molecule has 1 unspecified atom stereocenters. The zero-order valence-corrected chi connectivity index (χ0v) is 9.74. The fourth-order valence-corrected chi connectivity index (χ4v) is 2.26. The second-order valence-electron chi connectivity index (χ2n) is 4.59. The third-order valence-electron chi connectivity index (χ3n) is 3.21. The zero-order valence-electron chi connectivity index (χ0n) is 9.74. The first-order valence-electron chi connectivity index (χ1n) is 6.16. The number of likely N-dealkylation sites (tertiary alicyclic amines) is 1. The summed E-state index contributed by atoms with van der Waals surface area (Å²) in [6.45, 7) is 5.72. The Labute approximate surface area is 92.5 Å². The third kappa shape index (κ3) is 5.17. The van der Waals surface area contributed by atoms with Gasteiger partial charge in [0.15, 0.2) is 0 Å². The molecule has 0 amide bonds. The largest absolute Gasteiger partial charge is 0.481 e. The maximum absolute atomic E-state index is 10.4. The van der Waals surface area contributed by atoms with Crippen LogP contribution in [0.4, 0.5) is 0 Å². The van der Waals surface area contributed by atoms with Crippen molar-refractivity contribution in [3.05, 3.63) is 0 Å². The van der Waals surface area contributed by atoms with Gasteiger partial charge in [0.2, 0.25) is 0 Å². The van der Waals surface area contributed by atoms with E-state index in [9.17, 15) is 4.79 Å². The lowest BCUT2D eigenvalue weighted by Gasteiger charge is -2.15. The summed E-state index contributed by atoms with van der Waals surface area (Å²) in [5.74, 6) is -0.0258. The van der Waals surface area contributed by atoms with E-state index in [1.54, 1.807) is 0 Å². The van der Waals surface area contributed by atoms with Gasteiger partial charge in [-0.2, -0.15) is 0 Å². The maximum Gasteiger partial charge on any atom is 0.303 e. The molecule has 0 aromatic heterocycles. The summed E-state index contributed by atoms with van der Waals surface area (Å²) in [4.78, 5) is 12.9. The van der Waals surface area contributed by atoms with Gasteiger partial charge in [0, 0.05) is 13.0 Å². The number of carbonyl (C=O) groups is 1. The highest BCUT2D eigenvalue weighted by Gasteiger charge is 2.22. The lowest BCUT2D eigenvalue weighted by Crippen LogP contribution is -2.22. The van der Waals surface area contributed by atoms with Gasteiger partial charge >= 0.3 is 5.97 Å². The molecule has 88 valence electrons. The molecule has 0 aromatic rings. The van der Waals surface area contributed by atoms with E-state index in [4.69, 9.17) is 5.11 Å². The van der Waals surface area contributed by atoms with E-state index in [2.05, 4.69) is 11.8 Å². The molecule has 1 atom stereocenters. The molecule has 1 aliphatic rings.